The number of quaternary nitrogens is 1. The SMILES string of the molecule is COc1ccc(C[NH+]2CCN(C(=O)C[C@@H]3Oc4ccccc4NC3=O)CC2)cc1OC. The van der Waals surface area contributed by atoms with Crippen LogP contribution < -0.4 is 24.4 Å². The fraction of sp³-hybridized carbons (Fsp3) is 0.391. The Bertz CT molecular complexity index is 956. The van der Waals surface area contributed by atoms with Crippen LogP contribution in [0.2, 0.25) is 0 Å². The summed E-state index contributed by atoms with van der Waals surface area (Å²) in [5.74, 6) is 1.72. The van der Waals surface area contributed by atoms with Crippen molar-refractivity contribution in [1.82, 2.24) is 4.90 Å². The van der Waals surface area contributed by atoms with Crippen molar-refractivity contribution in [3.8, 4) is 17.2 Å². The number of fused-ring (bicyclic) bond motifs is 1. The maximum Gasteiger partial charge on any atom is 0.266 e. The Balaban J connectivity index is 1.29. The van der Waals surface area contributed by atoms with Gasteiger partial charge in [0, 0.05) is 5.56 Å². The van der Waals surface area contributed by atoms with Crippen LogP contribution in [0, 0.1) is 0 Å². The summed E-state index contributed by atoms with van der Waals surface area (Å²) in [5, 5.41) is 2.81. The molecule has 8 heteroatoms. The van der Waals surface area contributed by atoms with Crippen molar-refractivity contribution in [2.45, 2.75) is 19.1 Å². The molecule has 0 spiro atoms. The lowest BCUT2D eigenvalue weighted by atomic mass is 10.1. The van der Waals surface area contributed by atoms with Gasteiger partial charge in [-0.2, -0.15) is 0 Å². The molecular weight excluding hydrogens is 398 g/mol. The average molecular weight is 426 g/mol. The highest BCUT2D eigenvalue weighted by molar-refractivity contribution is 5.99. The smallest absolute Gasteiger partial charge is 0.266 e. The minimum Gasteiger partial charge on any atom is -0.493 e. The van der Waals surface area contributed by atoms with E-state index in [4.69, 9.17) is 14.2 Å². The van der Waals surface area contributed by atoms with Crippen molar-refractivity contribution in [3.05, 3.63) is 48.0 Å². The van der Waals surface area contributed by atoms with Gasteiger partial charge in [-0.3, -0.25) is 9.59 Å². The molecule has 2 aromatic carbocycles. The van der Waals surface area contributed by atoms with Crippen LogP contribution in [-0.2, 0) is 16.1 Å². The standard InChI is InChI=1S/C23H27N3O5/c1-29-19-8-7-16(13-20(19)30-2)15-25-9-11-26(12-10-25)22(27)14-21-23(28)24-17-5-3-4-6-18(17)31-21/h3-8,13,21H,9-12,14-15H2,1-2H3,(H,24,28)/p+1/t21-/m0/s1. The van der Waals surface area contributed by atoms with E-state index in [1.165, 1.54) is 10.5 Å². The van der Waals surface area contributed by atoms with E-state index < -0.39 is 6.10 Å². The number of amides is 2. The summed E-state index contributed by atoms with van der Waals surface area (Å²) in [4.78, 5) is 28.3. The van der Waals surface area contributed by atoms with Gasteiger partial charge in [0.15, 0.2) is 17.6 Å². The third-order valence-corrected chi connectivity index (χ3v) is 5.79. The number of para-hydroxylation sites is 2. The molecule has 0 bridgehead atoms. The summed E-state index contributed by atoms with van der Waals surface area (Å²) >= 11 is 0. The molecule has 0 aromatic heterocycles. The fourth-order valence-corrected chi connectivity index (χ4v) is 4.04. The molecule has 2 heterocycles. The van der Waals surface area contributed by atoms with E-state index in [-0.39, 0.29) is 18.2 Å². The molecule has 8 nitrogen and oxygen atoms in total. The molecule has 31 heavy (non-hydrogen) atoms. The molecule has 0 unspecified atom stereocenters. The second-order valence-electron chi connectivity index (χ2n) is 7.79. The molecule has 0 saturated carbocycles. The third kappa shape index (κ3) is 4.74. The topological polar surface area (TPSA) is 81.5 Å². The summed E-state index contributed by atoms with van der Waals surface area (Å²) in [6.45, 7) is 3.87. The minimum absolute atomic E-state index is 0.0468. The molecule has 4 rings (SSSR count). The predicted octanol–water partition coefficient (Wildman–Crippen LogP) is 0.721. The number of nitrogens with zero attached hydrogens (tertiary/aromatic N) is 1. The molecule has 2 aliphatic rings. The van der Waals surface area contributed by atoms with Crippen LogP contribution in [0.25, 0.3) is 0 Å². The molecule has 164 valence electrons. The van der Waals surface area contributed by atoms with Gasteiger partial charge < -0.3 is 29.3 Å². The monoisotopic (exact) mass is 426 g/mol. The molecular formula is C23H28N3O5+. The van der Waals surface area contributed by atoms with E-state index in [2.05, 4.69) is 5.32 Å². The van der Waals surface area contributed by atoms with Crippen LogP contribution in [0.3, 0.4) is 0 Å². The summed E-state index contributed by atoms with van der Waals surface area (Å²) in [7, 11) is 3.26. The zero-order valence-corrected chi connectivity index (χ0v) is 17.8. The van der Waals surface area contributed by atoms with E-state index in [0.29, 0.717) is 30.3 Å². The highest BCUT2D eigenvalue weighted by atomic mass is 16.5. The lowest BCUT2D eigenvalue weighted by Gasteiger charge is -2.33. The van der Waals surface area contributed by atoms with E-state index in [1.807, 2.05) is 35.2 Å². The first kappa shape index (κ1) is 21.0. The second kappa shape index (κ2) is 9.26. The third-order valence-electron chi connectivity index (χ3n) is 5.79. The summed E-state index contributed by atoms with van der Waals surface area (Å²) in [5.41, 5.74) is 1.81. The zero-order chi connectivity index (χ0) is 21.8. The minimum atomic E-state index is -0.792. The van der Waals surface area contributed by atoms with Gasteiger partial charge in [-0.05, 0) is 30.3 Å². The lowest BCUT2D eigenvalue weighted by molar-refractivity contribution is -0.917. The first-order valence-electron chi connectivity index (χ1n) is 10.5. The Morgan fingerprint density at radius 3 is 2.61 bits per heavy atom. The van der Waals surface area contributed by atoms with E-state index in [1.54, 1.807) is 26.4 Å². The second-order valence-corrected chi connectivity index (χ2v) is 7.79. The van der Waals surface area contributed by atoms with Gasteiger partial charge >= 0.3 is 0 Å². The number of ether oxygens (including phenoxy) is 3. The van der Waals surface area contributed by atoms with Crippen LogP contribution in [-0.4, -0.2) is 63.2 Å². The van der Waals surface area contributed by atoms with Crippen LogP contribution in [0.4, 0.5) is 5.69 Å². The number of rotatable bonds is 6. The molecule has 1 saturated heterocycles. The Morgan fingerprint density at radius 1 is 1.13 bits per heavy atom. The number of anilines is 1. The Morgan fingerprint density at radius 2 is 1.87 bits per heavy atom. The van der Waals surface area contributed by atoms with Gasteiger partial charge in [0.2, 0.25) is 5.91 Å². The number of nitrogens with one attached hydrogen (secondary N) is 2. The van der Waals surface area contributed by atoms with Crippen LogP contribution >= 0.6 is 0 Å². The van der Waals surface area contributed by atoms with Gasteiger partial charge in [0.05, 0.1) is 52.5 Å². The number of hydrogen-bond donors (Lipinski definition) is 2. The maximum absolute atomic E-state index is 12.8. The van der Waals surface area contributed by atoms with Crippen molar-refractivity contribution in [3.63, 3.8) is 0 Å². The normalized spacial score (nSPS) is 18.6. The lowest BCUT2D eigenvalue weighted by Crippen LogP contribution is -3.13. The molecule has 1 fully saturated rings. The zero-order valence-electron chi connectivity index (χ0n) is 17.8. The average Bonchev–Trinajstić information content (AvgIpc) is 2.80. The van der Waals surface area contributed by atoms with Crippen molar-refractivity contribution < 1.29 is 28.7 Å². The Labute approximate surface area is 181 Å². The fourth-order valence-electron chi connectivity index (χ4n) is 4.04. The first-order chi connectivity index (χ1) is 15.1. The summed E-state index contributed by atoms with van der Waals surface area (Å²) in [6, 6.07) is 13.2. The Kier molecular flexibility index (Phi) is 6.27. The van der Waals surface area contributed by atoms with Gasteiger partial charge in [-0.15, -0.1) is 0 Å². The number of benzene rings is 2. The van der Waals surface area contributed by atoms with Crippen LogP contribution in [0.1, 0.15) is 12.0 Å². The van der Waals surface area contributed by atoms with Crippen LogP contribution in [0.5, 0.6) is 17.2 Å². The van der Waals surface area contributed by atoms with Gasteiger partial charge in [0.1, 0.15) is 12.3 Å². The largest absolute Gasteiger partial charge is 0.493 e. The molecule has 2 aromatic rings. The van der Waals surface area contributed by atoms with Crippen molar-refractivity contribution in [2.75, 3.05) is 45.7 Å². The number of carbonyl (C=O) groups excluding carboxylic acids is 2. The molecule has 2 N–H and O–H groups in total. The molecule has 2 aliphatic heterocycles. The molecule has 2 amide bonds. The van der Waals surface area contributed by atoms with Gasteiger partial charge in [0.25, 0.3) is 5.91 Å². The molecule has 0 radical (unpaired) electrons. The highest BCUT2D eigenvalue weighted by Crippen LogP contribution is 2.30. The maximum atomic E-state index is 12.8. The summed E-state index contributed by atoms with van der Waals surface area (Å²) in [6.07, 6.45) is -0.745. The van der Waals surface area contributed by atoms with E-state index >= 15 is 0 Å². The van der Waals surface area contributed by atoms with Crippen molar-refractivity contribution in [1.29, 1.82) is 0 Å². The van der Waals surface area contributed by atoms with Gasteiger partial charge in [-0.1, -0.05) is 12.1 Å². The highest BCUT2D eigenvalue weighted by Gasteiger charge is 2.32. The van der Waals surface area contributed by atoms with Crippen molar-refractivity contribution >= 4 is 17.5 Å². The Hall–Kier alpha value is -3.26. The molecule has 1 atom stereocenters. The first-order valence-corrected chi connectivity index (χ1v) is 10.5. The quantitative estimate of drug-likeness (QED) is 0.712. The predicted molar refractivity (Wildman–Crippen MR) is 115 cm³/mol. The number of hydrogen-bond acceptors (Lipinski definition) is 5. The number of carbonyl (C=O) groups is 2. The van der Waals surface area contributed by atoms with E-state index in [0.717, 1.165) is 25.4 Å². The number of methoxy groups -OCH3 is 2. The molecule has 0 aliphatic carbocycles. The van der Waals surface area contributed by atoms with E-state index in [9.17, 15) is 9.59 Å². The van der Waals surface area contributed by atoms with Gasteiger partial charge in [-0.25, -0.2) is 0 Å². The number of piperazine rings is 1. The summed E-state index contributed by atoms with van der Waals surface area (Å²) < 4.78 is 16.4. The van der Waals surface area contributed by atoms with Crippen molar-refractivity contribution in [2.24, 2.45) is 0 Å². The van der Waals surface area contributed by atoms with Crippen LogP contribution in [0.15, 0.2) is 42.5 Å².